The van der Waals surface area contributed by atoms with Crippen LogP contribution in [0.2, 0.25) is 0 Å². The van der Waals surface area contributed by atoms with Crippen molar-refractivity contribution in [1.29, 1.82) is 0 Å². The predicted octanol–water partition coefficient (Wildman–Crippen LogP) is 3.09. The highest BCUT2D eigenvalue weighted by Gasteiger charge is 2.48. The van der Waals surface area contributed by atoms with Gasteiger partial charge in [0.1, 0.15) is 18.0 Å². The number of ether oxygens (including phenoxy) is 1. The van der Waals surface area contributed by atoms with Crippen molar-refractivity contribution in [2.75, 3.05) is 80.0 Å². The van der Waals surface area contributed by atoms with Crippen LogP contribution in [0.1, 0.15) is 32.1 Å². The Kier molecular flexibility index (Phi) is 8.03. The Morgan fingerprint density at radius 3 is 2.59 bits per heavy atom. The molecular weight excluding hydrogens is 508 g/mol. The zero-order valence-corrected chi connectivity index (χ0v) is 22.6. The first-order valence-electron chi connectivity index (χ1n) is 13.6. The number of carbonyl (C=O) groups is 1. The van der Waals surface area contributed by atoms with Crippen LogP contribution in [0.25, 0.3) is 0 Å². The molecule has 2 N–H and O–H groups in total. The van der Waals surface area contributed by atoms with E-state index < -0.39 is 18.4 Å². The molecule has 10 nitrogen and oxygen atoms in total. The lowest BCUT2D eigenvalue weighted by Crippen LogP contribution is -2.49. The highest BCUT2D eigenvalue weighted by Crippen LogP contribution is 2.40. The molecule has 0 radical (unpaired) electrons. The first-order valence-corrected chi connectivity index (χ1v) is 13.6. The minimum absolute atomic E-state index is 0.116. The zero-order chi connectivity index (χ0) is 27.6. The lowest BCUT2D eigenvalue weighted by atomic mass is 9.94. The molecule has 1 aliphatic carbocycles. The van der Waals surface area contributed by atoms with Gasteiger partial charge >= 0.3 is 5.92 Å². The number of hydrogen-bond acceptors (Lipinski definition) is 9. The summed E-state index contributed by atoms with van der Waals surface area (Å²) in [5.41, 5.74) is 1.87. The number of likely N-dealkylation sites (N-methyl/N-ethyl adjacent to an activating group) is 1. The normalized spacial score (nSPS) is 20.5. The monoisotopic (exact) mass is 545 g/mol. The average molecular weight is 546 g/mol. The number of piperazine rings is 1. The van der Waals surface area contributed by atoms with E-state index in [0.29, 0.717) is 17.3 Å². The van der Waals surface area contributed by atoms with Gasteiger partial charge in [-0.3, -0.25) is 4.79 Å². The number of aromatic nitrogens is 2. The van der Waals surface area contributed by atoms with E-state index >= 15 is 8.78 Å². The number of alkyl halides is 2. The van der Waals surface area contributed by atoms with E-state index in [1.54, 1.807) is 4.90 Å². The van der Waals surface area contributed by atoms with Crippen LogP contribution in [0.15, 0.2) is 24.4 Å². The minimum Gasteiger partial charge on any atom is -0.489 e. The molecule has 0 atom stereocenters. The number of aliphatic hydroxyl groups excluding tert-OH is 1. The summed E-state index contributed by atoms with van der Waals surface area (Å²) in [5.74, 6) is -3.75. The Bertz CT molecular complexity index is 1170. The van der Waals surface area contributed by atoms with Gasteiger partial charge in [-0.2, -0.15) is 13.8 Å². The standard InChI is InChI=1S/C27H37F2N7O3/c1-33-10-12-35(13-11-33)20-8-9-23(39-15-14-37)21(16-20)31-26-30-17-22-24(32-26)36(19-6-4-3-5-7-19)18-27(28,29)25(38)34(22)2/h8-9,16-17,19,37H,3-7,10-15,18H2,1-2H3,(H,30,31,32). The maximum atomic E-state index is 15.0. The molecule has 1 aromatic carbocycles. The third-order valence-corrected chi connectivity index (χ3v) is 7.81. The maximum Gasteiger partial charge on any atom is 0.342 e. The summed E-state index contributed by atoms with van der Waals surface area (Å²) in [5, 5.41) is 12.5. The number of amides is 1. The summed E-state index contributed by atoms with van der Waals surface area (Å²) in [4.78, 5) is 28.9. The molecule has 5 rings (SSSR count). The molecule has 1 saturated carbocycles. The molecule has 0 unspecified atom stereocenters. The van der Waals surface area contributed by atoms with Crippen molar-refractivity contribution in [3.63, 3.8) is 0 Å². The fraction of sp³-hybridized carbons (Fsp3) is 0.593. The third-order valence-electron chi connectivity index (χ3n) is 7.81. The van der Waals surface area contributed by atoms with Crippen LogP contribution in [0, 0.1) is 0 Å². The molecule has 12 heteroatoms. The van der Waals surface area contributed by atoms with Gasteiger partial charge in [-0.05, 0) is 38.1 Å². The van der Waals surface area contributed by atoms with Crippen molar-refractivity contribution in [3.05, 3.63) is 24.4 Å². The van der Waals surface area contributed by atoms with Gasteiger partial charge in [-0.25, -0.2) is 4.98 Å². The van der Waals surface area contributed by atoms with Crippen molar-refractivity contribution in [3.8, 4) is 5.75 Å². The molecule has 1 amide bonds. The highest BCUT2D eigenvalue weighted by atomic mass is 19.3. The summed E-state index contributed by atoms with van der Waals surface area (Å²) in [6.45, 7) is 2.93. The van der Waals surface area contributed by atoms with Gasteiger partial charge in [-0.15, -0.1) is 0 Å². The summed E-state index contributed by atoms with van der Waals surface area (Å²) in [6, 6.07) is 5.65. The number of hydrogen-bond donors (Lipinski definition) is 2. The quantitative estimate of drug-likeness (QED) is 0.544. The van der Waals surface area contributed by atoms with Gasteiger partial charge in [0.05, 0.1) is 25.0 Å². The summed E-state index contributed by atoms with van der Waals surface area (Å²) >= 11 is 0. The Morgan fingerprint density at radius 2 is 1.87 bits per heavy atom. The Balaban J connectivity index is 1.50. The fourth-order valence-electron chi connectivity index (χ4n) is 5.56. The number of rotatable bonds is 7. The Labute approximate surface area is 227 Å². The second-order valence-corrected chi connectivity index (χ2v) is 10.6. The largest absolute Gasteiger partial charge is 0.489 e. The van der Waals surface area contributed by atoms with Gasteiger partial charge in [0.2, 0.25) is 5.95 Å². The van der Waals surface area contributed by atoms with Gasteiger partial charge in [-0.1, -0.05) is 19.3 Å². The third kappa shape index (κ3) is 5.86. The van der Waals surface area contributed by atoms with E-state index in [4.69, 9.17) is 9.72 Å². The van der Waals surface area contributed by atoms with Crippen LogP contribution in [0.4, 0.5) is 37.6 Å². The molecule has 0 bridgehead atoms. The molecule has 1 saturated heterocycles. The number of benzene rings is 1. The van der Waals surface area contributed by atoms with E-state index in [-0.39, 0.29) is 30.9 Å². The molecule has 2 fully saturated rings. The number of fused-ring (bicyclic) bond motifs is 1. The van der Waals surface area contributed by atoms with Crippen LogP contribution >= 0.6 is 0 Å². The lowest BCUT2D eigenvalue weighted by Gasteiger charge is -2.36. The van der Waals surface area contributed by atoms with Crippen LogP contribution in [0.3, 0.4) is 0 Å². The number of anilines is 5. The lowest BCUT2D eigenvalue weighted by molar-refractivity contribution is -0.140. The Morgan fingerprint density at radius 1 is 1.13 bits per heavy atom. The summed E-state index contributed by atoms with van der Waals surface area (Å²) < 4.78 is 35.8. The second-order valence-electron chi connectivity index (χ2n) is 10.6. The van der Waals surface area contributed by atoms with Crippen molar-refractivity contribution in [2.45, 2.75) is 44.1 Å². The van der Waals surface area contributed by atoms with E-state index in [1.165, 1.54) is 13.2 Å². The smallest absolute Gasteiger partial charge is 0.342 e. The molecule has 0 spiro atoms. The van der Waals surface area contributed by atoms with Gasteiger partial charge in [0.25, 0.3) is 5.91 Å². The summed E-state index contributed by atoms with van der Waals surface area (Å²) in [7, 11) is 3.44. The molecule has 2 aromatic rings. The van der Waals surface area contributed by atoms with Crippen molar-refractivity contribution >= 4 is 34.7 Å². The first-order chi connectivity index (χ1) is 18.8. The predicted molar refractivity (Wildman–Crippen MR) is 147 cm³/mol. The van der Waals surface area contributed by atoms with E-state index in [0.717, 1.165) is 68.9 Å². The van der Waals surface area contributed by atoms with Crippen LogP contribution in [-0.4, -0.2) is 97.9 Å². The fourth-order valence-corrected chi connectivity index (χ4v) is 5.56. The first kappa shape index (κ1) is 27.3. The van der Waals surface area contributed by atoms with E-state index in [2.05, 4.69) is 27.1 Å². The van der Waals surface area contributed by atoms with E-state index in [1.807, 2.05) is 18.2 Å². The van der Waals surface area contributed by atoms with Gasteiger partial charge < -0.3 is 34.8 Å². The second kappa shape index (κ2) is 11.5. The minimum atomic E-state index is -3.54. The van der Waals surface area contributed by atoms with Crippen molar-refractivity contribution in [2.24, 2.45) is 0 Å². The zero-order valence-electron chi connectivity index (χ0n) is 22.6. The number of carbonyl (C=O) groups excluding carboxylic acids is 1. The van der Waals surface area contributed by atoms with Crippen molar-refractivity contribution < 1.29 is 23.4 Å². The topological polar surface area (TPSA) is 97.3 Å². The molecule has 212 valence electrons. The van der Waals surface area contributed by atoms with Gasteiger partial charge in [0, 0.05) is 45.0 Å². The van der Waals surface area contributed by atoms with Crippen LogP contribution in [-0.2, 0) is 4.79 Å². The molecular formula is C27H37F2N7O3. The average Bonchev–Trinajstić information content (AvgIpc) is 3.02. The van der Waals surface area contributed by atoms with Gasteiger partial charge in [0.15, 0.2) is 5.82 Å². The number of nitrogens with one attached hydrogen (secondary N) is 1. The molecule has 3 aliphatic rings. The summed E-state index contributed by atoms with van der Waals surface area (Å²) in [6.07, 6.45) is 5.94. The maximum absolute atomic E-state index is 15.0. The molecule has 39 heavy (non-hydrogen) atoms. The highest BCUT2D eigenvalue weighted by molar-refractivity contribution is 6.02. The number of aliphatic hydroxyl groups is 1. The SMILES string of the molecule is CN1CCN(c2ccc(OCCO)c(Nc3ncc4c(n3)N(C3CCCCC3)CC(F)(F)C(=O)N4C)c2)CC1. The van der Waals surface area contributed by atoms with Crippen LogP contribution < -0.4 is 24.8 Å². The molecule has 2 aliphatic heterocycles. The van der Waals surface area contributed by atoms with Crippen LogP contribution in [0.5, 0.6) is 5.75 Å². The van der Waals surface area contributed by atoms with E-state index in [9.17, 15) is 9.90 Å². The number of nitrogens with zero attached hydrogens (tertiary/aromatic N) is 6. The Hall–Kier alpha value is -3.25. The number of halogens is 2. The molecule has 1 aromatic heterocycles. The molecule has 3 heterocycles. The van der Waals surface area contributed by atoms with Crippen molar-refractivity contribution in [1.82, 2.24) is 14.9 Å².